The number of nitrogens with one attached hydrogen (secondary N) is 1. The lowest BCUT2D eigenvalue weighted by atomic mass is 10.0. The second-order valence-corrected chi connectivity index (χ2v) is 6.64. The van der Waals surface area contributed by atoms with Crippen LogP contribution in [0.1, 0.15) is 43.2 Å². The highest BCUT2D eigenvalue weighted by Gasteiger charge is 2.32. The zero-order valence-corrected chi connectivity index (χ0v) is 13.0. The molecular formula is C18H26N2O. The Bertz CT molecular complexity index is 490. The van der Waals surface area contributed by atoms with Crippen molar-refractivity contribution >= 4 is 5.91 Å². The van der Waals surface area contributed by atoms with Crippen LogP contribution in [0.2, 0.25) is 0 Å². The number of carbonyl (C=O) groups is 1. The largest absolute Gasteiger partial charge is 0.335 e. The van der Waals surface area contributed by atoms with Crippen LogP contribution in [0.4, 0.5) is 0 Å². The van der Waals surface area contributed by atoms with Gasteiger partial charge in [-0.3, -0.25) is 4.79 Å². The highest BCUT2D eigenvalue weighted by atomic mass is 16.2. The highest BCUT2D eigenvalue weighted by molar-refractivity contribution is 5.76. The van der Waals surface area contributed by atoms with Gasteiger partial charge in [-0.05, 0) is 57.2 Å². The van der Waals surface area contributed by atoms with Gasteiger partial charge in [0.1, 0.15) is 0 Å². The summed E-state index contributed by atoms with van der Waals surface area (Å²) in [6.45, 7) is 5.11. The molecule has 1 atom stereocenters. The predicted molar refractivity (Wildman–Crippen MR) is 85.0 cm³/mol. The number of amides is 1. The van der Waals surface area contributed by atoms with E-state index in [1.54, 1.807) is 0 Å². The van der Waals surface area contributed by atoms with Crippen LogP contribution in [-0.2, 0) is 11.3 Å². The fraction of sp³-hybridized carbons (Fsp3) is 0.611. The molecule has 3 nitrogen and oxygen atoms in total. The fourth-order valence-corrected chi connectivity index (χ4v) is 3.25. The third-order valence-electron chi connectivity index (χ3n) is 4.67. The van der Waals surface area contributed by atoms with Crippen LogP contribution in [0.3, 0.4) is 0 Å². The van der Waals surface area contributed by atoms with E-state index < -0.39 is 0 Å². The van der Waals surface area contributed by atoms with Crippen LogP contribution in [0.5, 0.6) is 0 Å². The molecule has 0 spiro atoms. The second-order valence-electron chi connectivity index (χ2n) is 6.64. The van der Waals surface area contributed by atoms with Crippen LogP contribution >= 0.6 is 0 Å². The van der Waals surface area contributed by atoms with Gasteiger partial charge in [-0.1, -0.05) is 29.8 Å². The zero-order valence-electron chi connectivity index (χ0n) is 13.0. The Kier molecular flexibility index (Phi) is 4.59. The molecule has 1 amide bonds. The minimum Gasteiger partial charge on any atom is -0.335 e. The van der Waals surface area contributed by atoms with E-state index in [-0.39, 0.29) is 0 Å². The minimum absolute atomic E-state index is 0.353. The monoisotopic (exact) mass is 286 g/mol. The Morgan fingerprint density at radius 2 is 2.19 bits per heavy atom. The van der Waals surface area contributed by atoms with Crippen LogP contribution in [0.15, 0.2) is 24.3 Å². The van der Waals surface area contributed by atoms with Gasteiger partial charge in [0.2, 0.25) is 5.91 Å². The van der Waals surface area contributed by atoms with Gasteiger partial charge in [0.05, 0.1) is 0 Å². The third kappa shape index (κ3) is 4.07. The average Bonchev–Trinajstić information content (AvgIpc) is 3.18. The van der Waals surface area contributed by atoms with Gasteiger partial charge in [-0.25, -0.2) is 0 Å². The first-order valence-corrected chi connectivity index (χ1v) is 8.28. The quantitative estimate of drug-likeness (QED) is 0.872. The van der Waals surface area contributed by atoms with Crippen molar-refractivity contribution in [3.63, 3.8) is 0 Å². The second kappa shape index (κ2) is 6.61. The smallest absolute Gasteiger partial charge is 0.223 e. The molecule has 1 N–H and O–H groups in total. The summed E-state index contributed by atoms with van der Waals surface area (Å²) >= 11 is 0. The van der Waals surface area contributed by atoms with Crippen LogP contribution in [0, 0.1) is 12.8 Å². The predicted octanol–water partition coefficient (Wildman–Crippen LogP) is 2.88. The Morgan fingerprint density at radius 3 is 2.86 bits per heavy atom. The fourth-order valence-electron chi connectivity index (χ4n) is 3.25. The van der Waals surface area contributed by atoms with Gasteiger partial charge < -0.3 is 10.2 Å². The number of aryl methyl sites for hydroxylation is 1. The summed E-state index contributed by atoms with van der Waals surface area (Å²) in [6, 6.07) is 9.03. The third-order valence-corrected chi connectivity index (χ3v) is 4.67. The number of hydrogen-bond acceptors (Lipinski definition) is 2. The van der Waals surface area contributed by atoms with Gasteiger partial charge >= 0.3 is 0 Å². The maximum atomic E-state index is 12.6. The highest BCUT2D eigenvalue weighted by Crippen LogP contribution is 2.30. The lowest BCUT2D eigenvalue weighted by molar-refractivity contribution is -0.132. The standard InChI is InChI=1S/C18H26N2O/c1-14-3-2-4-16(11-14)13-20(17-6-7-17)18(21)8-5-15-9-10-19-12-15/h2-4,11,15,17,19H,5-10,12-13H2,1H3. The minimum atomic E-state index is 0.353. The zero-order chi connectivity index (χ0) is 14.7. The van der Waals surface area contributed by atoms with Crippen molar-refractivity contribution in [3.05, 3.63) is 35.4 Å². The molecule has 1 unspecified atom stereocenters. The summed E-state index contributed by atoms with van der Waals surface area (Å²) in [5.74, 6) is 1.06. The molecule has 21 heavy (non-hydrogen) atoms. The molecule has 1 aromatic carbocycles. The first-order chi connectivity index (χ1) is 10.2. The number of nitrogens with zero attached hydrogens (tertiary/aromatic N) is 1. The molecule has 2 fully saturated rings. The van der Waals surface area contributed by atoms with Gasteiger partial charge in [-0.15, -0.1) is 0 Å². The first-order valence-electron chi connectivity index (χ1n) is 8.28. The molecule has 0 bridgehead atoms. The van der Waals surface area contributed by atoms with E-state index in [1.807, 2.05) is 0 Å². The maximum absolute atomic E-state index is 12.6. The molecule has 114 valence electrons. The van der Waals surface area contributed by atoms with Crippen molar-refractivity contribution in [1.29, 1.82) is 0 Å². The van der Waals surface area contributed by atoms with Gasteiger partial charge in [-0.2, -0.15) is 0 Å². The molecule has 0 aromatic heterocycles. The molecule has 1 saturated heterocycles. The molecule has 1 heterocycles. The normalized spacial score (nSPS) is 21.5. The lowest BCUT2D eigenvalue weighted by Crippen LogP contribution is -2.32. The topological polar surface area (TPSA) is 32.3 Å². The van der Waals surface area contributed by atoms with Gasteiger partial charge in [0, 0.05) is 19.0 Å². The molecule has 3 rings (SSSR count). The SMILES string of the molecule is Cc1cccc(CN(C(=O)CCC2CCNC2)C2CC2)c1. The molecule has 1 saturated carbocycles. The summed E-state index contributed by atoms with van der Waals surface area (Å²) in [7, 11) is 0. The van der Waals surface area contributed by atoms with E-state index in [4.69, 9.17) is 0 Å². The van der Waals surface area contributed by atoms with Crippen LogP contribution in [-0.4, -0.2) is 29.9 Å². The number of benzene rings is 1. The summed E-state index contributed by atoms with van der Waals surface area (Å²) < 4.78 is 0. The van der Waals surface area contributed by atoms with E-state index in [1.165, 1.54) is 30.4 Å². The molecule has 1 aromatic rings. The Labute approximate surface area is 127 Å². The van der Waals surface area contributed by atoms with E-state index in [0.29, 0.717) is 24.3 Å². The van der Waals surface area contributed by atoms with Crippen molar-refractivity contribution < 1.29 is 4.79 Å². The van der Waals surface area contributed by atoms with Gasteiger partial charge in [0.15, 0.2) is 0 Å². The maximum Gasteiger partial charge on any atom is 0.223 e. The van der Waals surface area contributed by atoms with Crippen LogP contribution < -0.4 is 5.32 Å². The lowest BCUT2D eigenvalue weighted by Gasteiger charge is -2.23. The summed E-state index contributed by atoms with van der Waals surface area (Å²) in [4.78, 5) is 14.7. The Morgan fingerprint density at radius 1 is 1.33 bits per heavy atom. The van der Waals surface area contributed by atoms with E-state index in [2.05, 4.69) is 41.4 Å². The van der Waals surface area contributed by atoms with E-state index in [0.717, 1.165) is 26.1 Å². The summed E-state index contributed by atoms with van der Waals surface area (Å²) in [5, 5.41) is 3.38. The van der Waals surface area contributed by atoms with E-state index in [9.17, 15) is 4.79 Å². The first kappa shape index (κ1) is 14.6. The number of rotatable bonds is 6. The van der Waals surface area contributed by atoms with Crippen LogP contribution in [0.25, 0.3) is 0 Å². The van der Waals surface area contributed by atoms with Crippen molar-refractivity contribution in [2.75, 3.05) is 13.1 Å². The molecule has 3 heteroatoms. The summed E-state index contributed by atoms with van der Waals surface area (Å²) in [5.41, 5.74) is 2.53. The van der Waals surface area contributed by atoms with Crippen molar-refractivity contribution in [3.8, 4) is 0 Å². The Balaban J connectivity index is 1.57. The molecule has 1 aliphatic carbocycles. The molecule has 0 radical (unpaired) electrons. The van der Waals surface area contributed by atoms with Crippen molar-refractivity contribution in [2.24, 2.45) is 5.92 Å². The number of hydrogen-bond donors (Lipinski definition) is 1. The van der Waals surface area contributed by atoms with Crippen molar-refractivity contribution in [1.82, 2.24) is 10.2 Å². The van der Waals surface area contributed by atoms with Gasteiger partial charge in [0.25, 0.3) is 0 Å². The Hall–Kier alpha value is -1.35. The molecule has 2 aliphatic rings. The molecular weight excluding hydrogens is 260 g/mol. The summed E-state index contributed by atoms with van der Waals surface area (Å²) in [6.07, 6.45) is 5.36. The average molecular weight is 286 g/mol. The van der Waals surface area contributed by atoms with Crippen molar-refractivity contribution in [2.45, 2.75) is 51.6 Å². The van der Waals surface area contributed by atoms with E-state index >= 15 is 0 Å². The molecule has 1 aliphatic heterocycles. The number of carbonyl (C=O) groups excluding carboxylic acids is 1.